The van der Waals surface area contributed by atoms with Gasteiger partial charge in [-0.25, -0.2) is 9.59 Å². The van der Waals surface area contributed by atoms with Crippen LogP contribution in [0, 0.1) is 0 Å². The third-order valence-electron chi connectivity index (χ3n) is 8.88. The van der Waals surface area contributed by atoms with Gasteiger partial charge in [-0.1, -0.05) is 0 Å². The third kappa shape index (κ3) is 125. The first-order valence-corrected chi connectivity index (χ1v) is 30.9. The lowest BCUT2D eigenvalue weighted by Gasteiger charge is -2.11. The predicted molar refractivity (Wildman–Crippen MR) is 351 cm³/mol. The molecule has 9 N–H and O–H groups in total. The number of hydrogen-bond acceptors (Lipinski definition) is 44. The highest BCUT2D eigenvalue weighted by atomic mass is 16.7. The van der Waals surface area contributed by atoms with Crippen LogP contribution in [0.2, 0.25) is 0 Å². The van der Waals surface area contributed by atoms with Crippen molar-refractivity contribution in [2.75, 3.05) is 154 Å². The van der Waals surface area contributed by atoms with Gasteiger partial charge < -0.3 is 141 Å². The minimum atomic E-state index is -1.36. The minimum Gasteiger partial charge on any atom is -0.466 e. The molecule has 0 heterocycles. The Kier molecular flexibility index (Phi) is 89.8. The van der Waals surface area contributed by atoms with Gasteiger partial charge in [-0.2, -0.15) is 0 Å². The van der Waals surface area contributed by atoms with E-state index in [0.29, 0.717) is 6.42 Å². The van der Waals surface area contributed by atoms with Gasteiger partial charge >= 0.3 is 89.5 Å². The van der Waals surface area contributed by atoms with Crippen molar-refractivity contribution in [2.45, 2.75) is 158 Å². The molecule has 44 heteroatoms. The smallest absolute Gasteiger partial charge is 0.344 e. The Labute approximate surface area is 613 Å². The molecule has 0 saturated carbocycles. The van der Waals surface area contributed by atoms with Crippen molar-refractivity contribution in [3.63, 3.8) is 0 Å². The Morgan fingerprint density at radius 3 is 0.698 bits per heavy atom. The molecule has 106 heavy (non-hydrogen) atoms. The number of hydrogen-bond donors (Lipinski definition) is 9. The molecule has 0 aliphatic heterocycles. The number of aliphatic hydroxyl groups excluding tert-OH is 9. The fourth-order valence-corrected chi connectivity index (χ4v) is 4.79. The second-order valence-electron chi connectivity index (χ2n) is 19.7. The lowest BCUT2D eigenvalue weighted by Crippen LogP contribution is -2.26. The summed E-state index contributed by atoms with van der Waals surface area (Å²) in [6, 6.07) is 0. The van der Waals surface area contributed by atoms with Crippen molar-refractivity contribution in [1.29, 1.82) is 0 Å². The van der Waals surface area contributed by atoms with Crippen LogP contribution >= 0.6 is 0 Å². The van der Waals surface area contributed by atoms with E-state index >= 15 is 0 Å². The molecule has 0 aliphatic carbocycles. The Bertz CT molecular complexity index is 2320. The second kappa shape index (κ2) is 82.1. The van der Waals surface area contributed by atoms with Crippen LogP contribution < -0.4 is 0 Å². The quantitative estimate of drug-likeness (QED) is 0.0158. The van der Waals surface area contributed by atoms with Gasteiger partial charge in [-0.05, 0) is 0 Å². The first kappa shape index (κ1) is 116. The summed E-state index contributed by atoms with van der Waals surface area (Å²) in [6.07, 6.45) is -7.26. The molecule has 0 aromatic carbocycles. The number of carbonyl (C=O) groups excluding carboxylic acids is 15. The molecule has 0 fully saturated rings. The van der Waals surface area contributed by atoms with Crippen LogP contribution in [-0.2, 0) is 167 Å². The van der Waals surface area contributed by atoms with Gasteiger partial charge in [-0.15, -0.1) is 0 Å². The van der Waals surface area contributed by atoms with E-state index in [0.717, 1.165) is 13.8 Å². The Morgan fingerprint density at radius 2 is 0.453 bits per heavy atom. The van der Waals surface area contributed by atoms with Gasteiger partial charge in [0, 0.05) is 138 Å². The van der Waals surface area contributed by atoms with E-state index in [4.69, 9.17) is 46.0 Å². The van der Waals surface area contributed by atoms with E-state index < -0.39 is 146 Å². The van der Waals surface area contributed by atoms with Crippen LogP contribution in [0.15, 0.2) is 0 Å². The number of esters is 15. The third-order valence-corrected chi connectivity index (χ3v) is 8.88. The fraction of sp³-hybridized carbons (Fsp3) is 0.758. The zero-order valence-corrected chi connectivity index (χ0v) is 63.2. The first-order chi connectivity index (χ1) is 49.2. The van der Waals surface area contributed by atoms with E-state index in [9.17, 15) is 71.9 Å². The highest BCUT2D eigenvalue weighted by Crippen LogP contribution is 1.98. The molecule has 0 aliphatic rings. The summed E-state index contributed by atoms with van der Waals surface area (Å²) in [4.78, 5) is 155. The summed E-state index contributed by atoms with van der Waals surface area (Å²) in [5, 5.41) is 80.3. The SMILES string of the molecule is CC(=O)OCC(=O)OCC(O)COC(C)=O.CC(=O)OCC(O)COC(C)=O.CC(=O)OCC(O)OC(C)=O.CC(=O)OCCC(O)COC(C)=O.COCC(CO)OC(C)=O.COCC(O)CCOC(C)=O.COCC(O)COC(=O)COC(C)=O.COCC(O)COC(C)=O.COCC(O)OC(C)=O. The fourth-order valence-electron chi connectivity index (χ4n) is 4.79. The molecule has 0 aromatic heterocycles. The van der Waals surface area contributed by atoms with Crippen LogP contribution in [0.1, 0.15) is 103 Å². The van der Waals surface area contributed by atoms with Crippen LogP contribution in [0.5, 0.6) is 0 Å². The molecular formula is C62H112O44. The standard InChI is InChI=1S/C9H14O7.C8H14O6.C8H14O5.C7H12O5.C7H14O4.C6H10O5.2C6H12O4.C5H10O4/c1-6(10)14-3-8(12)4-16-9(13)5-15-7(2)11;1-6(9)13-5-8(11)14-4-7(10)3-12-2;1-6(9)12-4-3-8(11)5-13-7(2)10;1-5(8)11-3-7(10)4-12-6(2)9;1-6(8)11-4-3-7(9)5-10-2;1-4(7)10-3-6(9)11-5(2)8;1-5(7)10-4-6(8)3-9-2;1-5(8)10-6(3-7)4-9-2;1-4(6)9-5(7)3-8-2/h8,12H,3-5H2,1-2H3;7,10H,3-5H2,1-2H3;8,11H,3-5H2,1-2H3;7,10H,3-4H2,1-2H3;7,9H,3-5H2,1-2H3;6,9H,3H2,1-2H3;6,8H,3-4H2,1-2H3;6-7H,3-4H2,1-2H3;5,7H,3H2,1-2H3. The highest BCUT2D eigenvalue weighted by molar-refractivity contribution is 5.76. The van der Waals surface area contributed by atoms with E-state index in [-0.39, 0.29) is 124 Å². The van der Waals surface area contributed by atoms with Crippen LogP contribution in [0.3, 0.4) is 0 Å². The Hall–Kier alpha value is -8.51. The molecule has 0 rings (SSSR count). The van der Waals surface area contributed by atoms with Gasteiger partial charge in [-0.3, -0.25) is 62.3 Å². The molecule has 8 unspecified atom stereocenters. The number of carbonyl (C=O) groups is 15. The summed E-state index contributed by atoms with van der Waals surface area (Å²) >= 11 is 0. The summed E-state index contributed by atoms with van der Waals surface area (Å²) in [5.41, 5.74) is 0. The molecule has 8 atom stereocenters. The molecule has 0 bridgehead atoms. The van der Waals surface area contributed by atoms with Crippen molar-refractivity contribution in [3.05, 3.63) is 0 Å². The predicted octanol–water partition coefficient (Wildman–Crippen LogP) is -4.54. The second-order valence-corrected chi connectivity index (χ2v) is 19.7. The molecular weight excluding hydrogens is 1450 g/mol. The number of aliphatic hydroxyl groups is 9. The summed E-state index contributed by atoms with van der Waals surface area (Å²) in [7, 11) is 7.29. The largest absolute Gasteiger partial charge is 0.466 e. The lowest BCUT2D eigenvalue weighted by molar-refractivity contribution is -0.179. The highest BCUT2D eigenvalue weighted by Gasteiger charge is 2.15. The van der Waals surface area contributed by atoms with Gasteiger partial charge in [0.1, 0.15) is 83.4 Å². The zero-order chi connectivity index (χ0) is 84.1. The Morgan fingerprint density at radius 1 is 0.236 bits per heavy atom. The van der Waals surface area contributed by atoms with Gasteiger partial charge in [0.15, 0.2) is 19.8 Å². The van der Waals surface area contributed by atoms with E-state index in [1.165, 1.54) is 112 Å². The maximum absolute atomic E-state index is 10.9. The van der Waals surface area contributed by atoms with Crippen molar-refractivity contribution in [3.8, 4) is 0 Å². The summed E-state index contributed by atoms with van der Waals surface area (Å²) in [5.74, 6) is -7.74. The van der Waals surface area contributed by atoms with Crippen molar-refractivity contribution in [1.82, 2.24) is 0 Å². The average Bonchev–Trinajstić information content (AvgIpc) is 1.07. The van der Waals surface area contributed by atoms with Crippen molar-refractivity contribution < 1.29 is 213 Å². The molecule has 0 saturated heterocycles. The van der Waals surface area contributed by atoms with E-state index in [1.54, 1.807) is 0 Å². The number of methoxy groups -OCH3 is 5. The van der Waals surface area contributed by atoms with E-state index in [2.05, 4.69) is 94.7 Å². The monoisotopic (exact) mass is 1560 g/mol. The molecule has 624 valence electrons. The van der Waals surface area contributed by atoms with Crippen LogP contribution in [0.4, 0.5) is 0 Å². The average molecular weight is 1560 g/mol. The maximum Gasteiger partial charge on any atom is 0.344 e. The molecule has 0 amide bonds. The van der Waals surface area contributed by atoms with Gasteiger partial charge in [0.05, 0.1) is 58.5 Å². The topological polar surface area (TPSA) is 623 Å². The number of ether oxygens (including phenoxy) is 20. The normalized spacial score (nSPS) is 11.9. The first-order valence-electron chi connectivity index (χ1n) is 30.9. The molecule has 44 nitrogen and oxygen atoms in total. The summed E-state index contributed by atoms with van der Waals surface area (Å²) < 4.78 is 89.9. The van der Waals surface area contributed by atoms with Crippen molar-refractivity contribution in [2.24, 2.45) is 0 Å². The lowest BCUT2D eigenvalue weighted by atomic mass is 10.3. The van der Waals surface area contributed by atoms with E-state index in [1.807, 2.05) is 0 Å². The zero-order valence-electron chi connectivity index (χ0n) is 63.2. The number of rotatable bonds is 40. The maximum atomic E-state index is 10.9. The molecule has 0 radical (unpaired) electrons. The van der Waals surface area contributed by atoms with Gasteiger partial charge in [0.25, 0.3) is 0 Å². The molecule has 0 aromatic rings. The minimum absolute atomic E-state index is 0.00315. The molecule has 0 spiro atoms. The Balaban J connectivity index is -0.000000143. The van der Waals surface area contributed by atoms with Crippen LogP contribution in [-0.4, -0.2) is 345 Å². The summed E-state index contributed by atoms with van der Waals surface area (Å²) in [6.45, 7) is 14.7. The van der Waals surface area contributed by atoms with Crippen molar-refractivity contribution >= 4 is 89.5 Å². The van der Waals surface area contributed by atoms with Crippen LogP contribution in [0.25, 0.3) is 0 Å². The van der Waals surface area contributed by atoms with Gasteiger partial charge in [0.2, 0.25) is 12.6 Å².